The topological polar surface area (TPSA) is 95.7 Å². The molecule has 0 bridgehead atoms. The van der Waals surface area contributed by atoms with Crippen LogP contribution in [0.25, 0.3) is 0 Å². The minimum atomic E-state index is -4.85. The summed E-state index contributed by atoms with van der Waals surface area (Å²) in [5.74, 6) is -0.261. The highest BCUT2D eigenvalue weighted by Crippen LogP contribution is 2.33. The van der Waals surface area contributed by atoms with Crippen molar-refractivity contribution >= 4 is 16.0 Å². The van der Waals surface area contributed by atoms with Crippen LogP contribution >= 0.6 is 0 Å². The van der Waals surface area contributed by atoms with E-state index in [0.717, 1.165) is 12.1 Å². The first kappa shape index (κ1) is 16.7. The summed E-state index contributed by atoms with van der Waals surface area (Å²) in [6.07, 6.45) is -3.55. The Morgan fingerprint density at radius 2 is 1.96 bits per heavy atom. The molecule has 0 amide bonds. The largest absolute Gasteiger partial charge is 0.417 e. The fourth-order valence-electron chi connectivity index (χ4n) is 1.70. The van der Waals surface area contributed by atoms with Crippen LogP contribution in [0.15, 0.2) is 35.4 Å². The second-order valence-corrected chi connectivity index (χ2v) is 6.13. The van der Waals surface area contributed by atoms with Crippen molar-refractivity contribution in [1.29, 1.82) is 5.26 Å². The van der Waals surface area contributed by atoms with E-state index in [1.54, 1.807) is 6.92 Å². The van der Waals surface area contributed by atoms with Crippen molar-refractivity contribution in [3.8, 4) is 6.07 Å². The molecule has 0 unspecified atom stereocenters. The maximum atomic E-state index is 12.9. The summed E-state index contributed by atoms with van der Waals surface area (Å²) in [4.78, 5) is 6.85. The van der Waals surface area contributed by atoms with Gasteiger partial charge in [0.2, 0.25) is 5.95 Å². The zero-order valence-corrected chi connectivity index (χ0v) is 12.4. The molecule has 0 saturated heterocycles. The number of aromatic nitrogens is 2. The number of nitrogens with one attached hydrogen (secondary N) is 1. The lowest BCUT2D eigenvalue weighted by Gasteiger charge is -2.12. The van der Waals surface area contributed by atoms with E-state index >= 15 is 0 Å². The molecule has 0 radical (unpaired) electrons. The lowest BCUT2D eigenvalue weighted by atomic mass is 10.1. The number of aryl methyl sites for hydroxylation is 1. The van der Waals surface area contributed by atoms with E-state index in [1.807, 2.05) is 4.72 Å². The highest BCUT2D eigenvalue weighted by atomic mass is 32.2. The Labute approximate surface area is 129 Å². The molecule has 1 heterocycles. The molecular weight excluding hydrogens is 333 g/mol. The maximum Gasteiger partial charge on any atom is 0.417 e. The smallest absolute Gasteiger partial charge is 0.247 e. The van der Waals surface area contributed by atoms with E-state index < -0.39 is 32.2 Å². The molecule has 0 aliphatic rings. The summed E-state index contributed by atoms with van der Waals surface area (Å²) in [5, 5.41) is 8.71. The summed E-state index contributed by atoms with van der Waals surface area (Å²) in [6, 6.07) is 5.02. The van der Waals surface area contributed by atoms with Crippen LogP contribution < -0.4 is 4.72 Å². The van der Waals surface area contributed by atoms with Crippen molar-refractivity contribution in [3.05, 3.63) is 47.3 Å². The first-order valence-electron chi connectivity index (χ1n) is 6.07. The minimum Gasteiger partial charge on any atom is -0.247 e. The van der Waals surface area contributed by atoms with Crippen molar-refractivity contribution in [2.24, 2.45) is 0 Å². The summed E-state index contributed by atoms with van der Waals surface area (Å²) >= 11 is 0. The number of hydrogen-bond acceptors (Lipinski definition) is 5. The van der Waals surface area contributed by atoms with Gasteiger partial charge in [0.25, 0.3) is 10.0 Å². The molecule has 2 rings (SSSR count). The highest BCUT2D eigenvalue weighted by molar-refractivity contribution is 7.92. The normalized spacial score (nSPS) is 11.8. The van der Waals surface area contributed by atoms with E-state index in [-0.39, 0.29) is 5.95 Å². The molecule has 120 valence electrons. The second-order valence-electron chi connectivity index (χ2n) is 4.44. The van der Waals surface area contributed by atoms with Gasteiger partial charge in [0.1, 0.15) is 0 Å². The van der Waals surface area contributed by atoms with E-state index in [0.29, 0.717) is 11.8 Å². The Balaban J connectivity index is 2.47. The summed E-state index contributed by atoms with van der Waals surface area (Å²) in [7, 11) is -4.32. The molecule has 6 nitrogen and oxygen atoms in total. The predicted octanol–water partition coefficient (Wildman–Crippen LogP) is 2.48. The third kappa shape index (κ3) is 3.75. The number of benzene rings is 1. The third-order valence-corrected chi connectivity index (χ3v) is 4.07. The van der Waals surface area contributed by atoms with Crippen LogP contribution in [-0.4, -0.2) is 18.4 Å². The van der Waals surface area contributed by atoms with Crippen LogP contribution in [0.2, 0.25) is 0 Å². The van der Waals surface area contributed by atoms with Gasteiger partial charge in [-0.2, -0.15) is 18.4 Å². The molecule has 0 aliphatic carbocycles. The Kier molecular flexibility index (Phi) is 4.24. The van der Waals surface area contributed by atoms with Crippen LogP contribution in [0, 0.1) is 18.3 Å². The van der Waals surface area contributed by atoms with Crippen molar-refractivity contribution in [2.75, 3.05) is 4.72 Å². The molecule has 10 heteroatoms. The van der Waals surface area contributed by atoms with Gasteiger partial charge in [0, 0.05) is 11.9 Å². The predicted molar refractivity (Wildman–Crippen MR) is 73.7 cm³/mol. The van der Waals surface area contributed by atoms with E-state index in [1.165, 1.54) is 18.3 Å². The maximum absolute atomic E-state index is 12.9. The first-order valence-corrected chi connectivity index (χ1v) is 7.55. The summed E-state index contributed by atoms with van der Waals surface area (Å²) < 4.78 is 65.0. The molecule has 2 aromatic rings. The van der Waals surface area contributed by atoms with Gasteiger partial charge in [0.05, 0.1) is 22.1 Å². The molecule has 23 heavy (non-hydrogen) atoms. The van der Waals surface area contributed by atoms with Gasteiger partial charge in [-0.15, -0.1) is 0 Å². The molecule has 1 aromatic heterocycles. The molecule has 0 spiro atoms. The van der Waals surface area contributed by atoms with Gasteiger partial charge in [-0.25, -0.2) is 23.1 Å². The lowest BCUT2D eigenvalue weighted by Crippen LogP contribution is -2.17. The van der Waals surface area contributed by atoms with Crippen LogP contribution in [0.5, 0.6) is 0 Å². The van der Waals surface area contributed by atoms with E-state index in [2.05, 4.69) is 9.97 Å². The van der Waals surface area contributed by atoms with Crippen LogP contribution in [0.3, 0.4) is 0 Å². The van der Waals surface area contributed by atoms with Crippen molar-refractivity contribution in [2.45, 2.75) is 18.0 Å². The molecule has 0 atom stereocenters. The Morgan fingerprint density at radius 1 is 1.26 bits per heavy atom. The average Bonchev–Trinajstić information content (AvgIpc) is 2.45. The van der Waals surface area contributed by atoms with E-state index in [9.17, 15) is 21.6 Å². The number of halogens is 3. The fraction of sp³-hybridized carbons (Fsp3) is 0.154. The van der Waals surface area contributed by atoms with Gasteiger partial charge in [-0.1, -0.05) is 0 Å². The number of nitriles is 1. The van der Waals surface area contributed by atoms with Gasteiger partial charge in [0.15, 0.2) is 0 Å². The highest BCUT2D eigenvalue weighted by Gasteiger charge is 2.35. The number of anilines is 1. The van der Waals surface area contributed by atoms with Crippen LogP contribution in [0.4, 0.5) is 19.1 Å². The van der Waals surface area contributed by atoms with Gasteiger partial charge >= 0.3 is 6.18 Å². The number of rotatable bonds is 3. The second kappa shape index (κ2) is 5.85. The van der Waals surface area contributed by atoms with Crippen molar-refractivity contribution in [1.82, 2.24) is 9.97 Å². The van der Waals surface area contributed by atoms with Crippen molar-refractivity contribution < 1.29 is 21.6 Å². The molecule has 0 saturated carbocycles. The molecule has 1 N–H and O–H groups in total. The average molecular weight is 342 g/mol. The zero-order chi connectivity index (χ0) is 17.3. The van der Waals surface area contributed by atoms with Crippen molar-refractivity contribution in [3.63, 3.8) is 0 Å². The minimum absolute atomic E-state index is 0.261. The van der Waals surface area contributed by atoms with Crippen LogP contribution in [0.1, 0.15) is 16.8 Å². The molecule has 1 aromatic carbocycles. The Morgan fingerprint density at radius 3 is 2.52 bits per heavy atom. The molecule has 0 fully saturated rings. The molecular formula is C13H9F3N4O2S. The Hall–Kier alpha value is -2.67. The number of nitrogens with zero attached hydrogens (tertiary/aromatic N) is 3. The number of alkyl halides is 3. The number of hydrogen-bond donors (Lipinski definition) is 1. The standard InChI is InChI=1S/C13H9F3N4O2S/c1-8-4-5-18-12(19-8)20-23(21,22)10-3-2-9(7-17)11(6-10)13(14,15)16/h2-6H,1H3,(H,18,19,20). The van der Waals surface area contributed by atoms with Gasteiger partial charge in [-0.05, 0) is 31.2 Å². The van der Waals surface area contributed by atoms with Gasteiger partial charge < -0.3 is 0 Å². The summed E-state index contributed by atoms with van der Waals surface area (Å²) in [6.45, 7) is 1.60. The lowest BCUT2D eigenvalue weighted by molar-refractivity contribution is -0.137. The first-order chi connectivity index (χ1) is 10.6. The van der Waals surface area contributed by atoms with Gasteiger partial charge in [-0.3, -0.25) is 0 Å². The number of sulfonamides is 1. The summed E-state index contributed by atoms with van der Waals surface area (Å²) in [5.41, 5.74) is -1.51. The third-order valence-electron chi connectivity index (χ3n) is 2.75. The monoisotopic (exact) mass is 342 g/mol. The molecule has 0 aliphatic heterocycles. The van der Waals surface area contributed by atoms with E-state index in [4.69, 9.17) is 5.26 Å². The van der Waals surface area contributed by atoms with Crippen LogP contribution in [-0.2, 0) is 16.2 Å². The fourth-order valence-corrected chi connectivity index (χ4v) is 2.68. The Bertz CT molecular complexity index is 889. The quantitative estimate of drug-likeness (QED) is 0.924. The SMILES string of the molecule is Cc1ccnc(NS(=O)(=O)c2ccc(C#N)c(C(F)(F)F)c2)n1. The zero-order valence-electron chi connectivity index (χ0n) is 11.6.